The van der Waals surface area contributed by atoms with E-state index in [1.165, 1.54) is 6.92 Å². The minimum Gasteiger partial charge on any atom is -0.334 e. The quantitative estimate of drug-likeness (QED) is 0.673. The highest BCUT2D eigenvalue weighted by atomic mass is 19.4. The Balaban J connectivity index is 2.62. The Kier molecular flexibility index (Phi) is 3.85. The molecule has 1 aliphatic rings. The van der Waals surface area contributed by atoms with Crippen LogP contribution in [0.4, 0.5) is 17.6 Å². The summed E-state index contributed by atoms with van der Waals surface area (Å²) in [5.74, 6) is -2.34. The summed E-state index contributed by atoms with van der Waals surface area (Å²) in [7, 11) is 0. The topological polar surface area (TPSA) is 46.2 Å². The number of alkyl halides is 3. The van der Waals surface area contributed by atoms with Crippen molar-refractivity contribution in [2.45, 2.75) is 32.0 Å². The number of hydrogen-bond acceptors (Lipinski definition) is 2. The maximum atomic E-state index is 13.6. The lowest BCUT2D eigenvalue weighted by Gasteiger charge is -2.40. The van der Waals surface area contributed by atoms with Gasteiger partial charge in [0.15, 0.2) is 11.3 Å². The number of carbonyl (C=O) groups excluding carboxylic acids is 2. The average Bonchev–Trinajstić information content (AvgIpc) is 2.36. The van der Waals surface area contributed by atoms with Gasteiger partial charge in [0.2, 0.25) is 0 Å². The van der Waals surface area contributed by atoms with Crippen molar-refractivity contribution in [1.82, 2.24) is 5.32 Å². The molecule has 0 unspecified atom stereocenters. The number of nitrogens with one attached hydrogen (secondary N) is 1. The summed E-state index contributed by atoms with van der Waals surface area (Å²) in [6.07, 6.45) is -5.40. The van der Waals surface area contributed by atoms with Crippen LogP contribution >= 0.6 is 0 Å². The van der Waals surface area contributed by atoms with Gasteiger partial charge in [-0.1, -0.05) is 17.7 Å². The third kappa shape index (κ3) is 2.51. The molecule has 0 spiro atoms. The highest BCUT2D eigenvalue weighted by molar-refractivity contribution is 6.19. The van der Waals surface area contributed by atoms with Crippen molar-refractivity contribution in [3.05, 3.63) is 46.8 Å². The second-order valence-corrected chi connectivity index (χ2v) is 5.25. The number of Topliss-reactive ketones (excluding diaryl/α,β-unsaturated/α-hetero) is 1. The van der Waals surface area contributed by atoms with Crippen LogP contribution < -0.4 is 5.32 Å². The summed E-state index contributed by atoms with van der Waals surface area (Å²) in [6.45, 7) is 2.44. The van der Waals surface area contributed by atoms with Crippen molar-refractivity contribution in [2.24, 2.45) is 0 Å². The van der Waals surface area contributed by atoms with Gasteiger partial charge in [-0.3, -0.25) is 9.59 Å². The molecule has 118 valence electrons. The first-order chi connectivity index (χ1) is 10.1. The van der Waals surface area contributed by atoms with Gasteiger partial charge in [-0.05, 0) is 31.5 Å². The SMILES string of the molecule is CC(=O)C1=C(C)C[C@](c2ccc(F)cc2)(C(F)(F)F)NC1=O. The first-order valence-electron chi connectivity index (χ1n) is 6.44. The van der Waals surface area contributed by atoms with E-state index >= 15 is 0 Å². The first-order valence-corrected chi connectivity index (χ1v) is 6.44. The van der Waals surface area contributed by atoms with Crippen LogP contribution in [0.25, 0.3) is 0 Å². The van der Waals surface area contributed by atoms with Crippen molar-refractivity contribution in [3.8, 4) is 0 Å². The van der Waals surface area contributed by atoms with Crippen LogP contribution in [-0.2, 0) is 15.1 Å². The molecule has 1 aliphatic heterocycles. The molecule has 0 saturated carbocycles. The maximum Gasteiger partial charge on any atom is 0.416 e. The Bertz CT molecular complexity index is 661. The summed E-state index contributed by atoms with van der Waals surface area (Å²) in [4.78, 5) is 23.4. The van der Waals surface area contributed by atoms with Gasteiger partial charge in [-0.2, -0.15) is 13.2 Å². The molecule has 0 bridgehead atoms. The van der Waals surface area contributed by atoms with Gasteiger partial charge in [0.25, 0.3) is 5.91 Å². The second kappa shape index (κ2) is 5.23. The van der Waals surface area contributed by atoms with Gasteiger partial charge >= 0.3 is 6.18 Å². The van der Waals surface area contributed by atoms with Crippen molar-refractivity contribution >= 4 is 11.7 Å². The first kappa shape index (κ1) is 16.2. The number of benzene rings is 1. The van der Waals surface area contributed by atoms with Crippen LogP contribution in [0.2, 0.25) is 0 Å². The predicted molar refractivity (Wildman–Crippen MR) is 70.3 cm³/mol. The van der Waals surface area contributed by atoms with E-state index in [0.29, 0.717) is 0 Å². The molecule has 0 fully saturated rings. The lowest BCUT2D eigenvalue weighted by atomic mass is 9.78. The number of rotatable bonds is 2. The van der Waals surface area contributed by atoms with E-state index < -0.39 is 35.6 Å². The zero-order chi connectivity index (χ0) is 16.7. The van der Waals surface area contributed by atoms with E-state index in [2.05, 4.69) is 0 Å². The van der Waals surface area contributed by atoms with Gasteiger partial charge in [-0.25, -0.2) is 4.39 Å². The third-order valence-corrected chi connectivity index (χ3v) is 3.68. The van der Waals surface area contributed by atoms with Crippen LogP contribution in [-0.4, -0.2) is 17.9 Å². The Hall–Kier alpha value is -2.18. The molecule has 1 aromatic carbocycles. The zero-order valence-corrected chi connectivity index (χ0v) is 11.8. The summed E-state index contributed by atoms with van der Waals surface area (Å²) in [5, 5.41) is 1.90. The smallest absolute Gasteiger partial charge is 0.334 e. The minimum absolute atomic E-state index is 0.0536. The maximum absolute atomic E-state index is 13.6. The molecule has 1 N–H and O–H groups in total. The second-order valence-electron chi connectivity index (χ2n) is 5.25. The van der Waals surface area contributed by atoms with Crippen LogP contribution in [0, 0.1) is 5.82 Å². The largest absolute Gasteiger partial charge is 0.416 e. The Labute approximate surface area is 124 Å². The Morgan fingerprint density at radius 3 is 2.18 bits per heavy atom. The van der Waals surface area contributed by atoms with Crippen molar-refractivity contribution in [2.75, 3.05) is 0 Å². The Morgan fingerprint density at radius 1 is 1.23 bits per heavy atom. The van der Waals surface area contributed by atoms with Gasteiger partial charge in [-0.15, -0.1) is 0 Å². The number of amides is 1. The minimum atomic E-state index is -4.80. The van der Waals surface area contributed by atoms with E-state index in [0.717, 1.165) is 31.2 Å². The molecule has 1 atom stereocenters. The Morgan fingerprint density at radius 2 is 1.77 bits per heavy atom. The molecule has 1 amide bonds. The lowest BCUT2D eigenvalue weighted by Crippen LogP contribution is -2.59. The fourth-order valence-corrected chi connectivity index (χ4v) is 2.68. The van der Waals surface area contributed by atoms with Gasteiger partial charge in [0, 0.05) is 6.42 Å². The average molecular weight is 315 g/mol. The summed E-state index contributed by atoms with van der Waals surface area (Å²) < 4.78 is 53.9. The van der Waals surface area contributed by atoms with Crippen LogP contribution in [0.1, 0.15) is 25.8 Å². The van der Waals surface area contributed by atoms with Crippen molar-refractivity contribution in [3.63, 3.8) is 0 Å². The van der Waals surface area contributed by atoms with Crippen molar-refractivity contribution < 1.29 is 27.2 Å². The van der Waals surface area contributed by atoms with Crippen LogP contribution in [0.5, 0.6) is 0 Å². The van der Waals surface area contributed by atoms with Crippen molar-refractivity contribution in [1.29, 1.82) is 0 Å². The van der Waals surface area contributed by atoms with E-state index in [4.69, 9.17) is 0 Å². The summed E-state index contributed by atoms with van der Waals surface area (Å²) in [6, 6.07) is 3.76. The normalized spacial score (nSPS) is 22.5. The molecular formula is C15H13F4NO2. The van der Waals surface area contributed by atoms with E-state index in [-0.39, 0.29) is 16.7 Å². The molecule has 0 aromatic heterocycles. The van der Waals surface area contributed by atoms with Crippen LogP contribution in [0.3, 0.4) is 0 Å². The monoisotopic (exact) mass is 315 g/mol. The highest BCUT2D eigenvalue weighted by Crippen LogP contribution is 2.46. The standard InChI is InChI=1S/C15H13F4NO2/c1-8-7-14(15(17,18)19,10-3-5-11(16)6-4-10)20-13(22)12(8)9(2)21/h3-6H,7H2,1-2H3,(H,20,22)/t14-/m0/s1. The van der Waals surface area contributed by atoms with Gasteiger partial charge < -0.3 is 5.32 Å². The van der Waals surface area contributed by atoms with Crippen LogP contribution in [0.15, 0.2) is 35.4 Å². The lowest BCUT2D eigenvalue weighted by molar-refractivity contribution is -0.203. The molecule has 3 nitrogen and oxygen atoms in total. The third-order valence-electron chi connectivity index (χ3n) is 3.68. The van der Waals surface area contributed by atoms with E-state index in [9.17, 15) is 27.2 Å². The number of carbonyl (C=O) groups is 2. The fourth-order valence-electron chi connectivity index (χ4n) is 2.68. The molecule has 1 aromatic rings. The summed E-state index contributed by atoms with van der Waals surface area (Å²) in [5.41, 5.74) is -3.16. The number of halogens is 4. The summed E-state index contributed by atoms with van der Waals surface area (Å²) >= 11 is 0. The predicted octanol–water partition coefficient (Wildman–Crippen LogP) is 3.01. The van der Waals surface area contributed by atoms with Gasteiger partial charge in [0.05, 0.1) is 5.57 Å². The van der Waals surface area contributed by atoms with Gasteiger partial charge in [0.1, 0.15) is 5.82 Å². The molecular weight excluding hydrogens is 302 g/mol. The molecule has 1 heterocycles. The van der Waals surface area contributed by atoms with E-state index in [1.807, 2.05) is 5.32 Å². The molecule has 0 radical (unpaired) electrons. The van der Waals surface area contributed by atoms with E-state index in [1.54, 1.807) is 0 Å². The fraction of sp³-hybridized carbons (Fsp3) is 0.333. The molecule has 22 heavy (non-hydrogen) atoms. The molecule has 2 rings (SSSR count). The molecule has 0 saturated heterocycles. The highest BCUT2D eigenvalue weighted by Gasteiger charge is 2.59. The molecule has 0 aliphatic carbocycles. The molecule has 7 heteroatoms. The number of ketones is 1. The zero-order valence-electron chi connectivity index (χ0n) is 11.8. The number of hydrogen-bond donors (Lipinski definition) is 1.